The summed E-state index contributed by atoms with van der Waals surface area (Å²) in [6, 6.07) is 0. The summed E-state index contributed by atoms with van der Waals surface area (Å²) in [6.45, 7) is 3.99. The second-order valence-electron chi connectivity index (χ2n) is 3.07. The number of hydrogen-bond donors (Lipinski definition) is 0. The van der Waals surface area contributed by atoms with Crippen LogP contribution < -0.4 is 0 Å². The molecule has 0 heteroatoms. The third-order valence-electron chi connectivity index (χ3n) is 2.38. The van der Waals surface area contributed by atoms with Crippen molar-refractivity contribution in [3.8, 4) is 0 Å². The molecule has 0 unspecified atom stereocenters. The molecule has 0 saturated heterocycles. The maximum Gasteiger partial charge on any atom is -0.0270 e. The van der Waals surface area contributed by atoms with Gasteiger partial charge in [-0.15, -0.1) is 0 Å². The van der Waals surface area contributed by atoms with Crippen LogP contribution in [0.25, 0.3) is 0 Å². The molecule has 0 fully saturated rings. The van der Waals surface area contributed by atoms with E-state index in [1.54, 1.807) is 5.57 Å². The van der Waals surface area contributed by atoms with Gasteiger partial charge in [-0.25, -0.2) is 0 Å². The van der Waals surface area contributed by atoms with Crippen molar-refractivity contribution >= 4 is 0 Å². The molecule has 0 bridgehead atoms. The molecule has 0 N–H and O–H groups in total. The van der Waals surface area contributed by atoms with Crippen molar-refractivity contribution < 1.29 is 0 Å². The minimum Gasteiger partial charge on any atom is -0.0915 e. The predicted molar refractivity (Wildman–Crippen MR) is 43.8 cm³/mol. The third kappa shape index (κ3) is 0.756. The van der Waals surface area contributed by atoms with E-state index < -0.39 is 0 Å². The molecule has 0 amide bonds. The van der Waals surface area contributed by atoms with Crippen LogP contribution in [0.15, 0.2) is 35.5 Å². The highest BCUT2D eigenvalue weighted by Crippen LogP contribution is 2.34. The summed E-state index contributed by atoms with van der Waals surface area (Å²) in [5, 5.41) is 0. The molecule has 2 aliphatic carbocycles. The molecular formula is C10H12. The van der Waals surface area contributed by atoms with Crippen LogP contribution in [0.3, 0.4) is 0 Å². The molecule has 0 aromatic carbocycles. The van der Waals surface area contributed by atoms with E-state index in [2.05, 4.69) is 18.7 Å². The van der Waals surface area contributed by atoms with Crippen molar-refractivity contribution in [3.05, 3.63) is 35.5 Å². The largest absolute Gasteiger partial charge is 0.0915 e. The van der Waals surface area contributed by atoms with E-state index in [-0.39, 0.29) is 0 Å². The van der Waals surface area contributed by atoms with Gasteiger partial charge < -0.3 is 0 Å². The van der Waals surface area contributed by atoms with E-state index in [4.69, 9.17) is 0 Å². The second-order valence-corrected chi connectivity index (χ2v) is 3.07. The van der Waals surface area contributed by atoms with Crippen LogP contribution in [0.4, 0.5) is 0 Å². The maximum absolute atomic E-state index is 3.99. The average molecular weight is 132 g/mol. The van der Waals surface area contributed by atoms with Crippen molar-refractivity contribution in [1.82, 2.24) is 0 Å². The lowest BCUT2D eigenvalue weighted by Crippen LogP contribution is -1.94. The Kier molecular flexibility index (Phi) is 1.26. The maximum atomic E-state index is 3.99. The van der Waals surface area contributed by atoms with Crippen LogP contribution in [0, 0.1) is 0 Å². The molecule has 52 valence electrons. The van der Waals surface area contributed by atoms with E-state index in [1.807, 2.05) is 0 Å². The molecule has 0 heterocycles. The smallest absolute Gasteiger partial charge is 0.0270 e. The lowest BCUT2D eigenvalue weighted by Gasteiger charge is -2.13. The number of rotatable bonds is 0. The zero-order valence-corrected chi connectivity index (χ0v) is 6.19. The first-order valence-corrected chi connectivity index (χ1v) is 3.97. The van der Waals surface area contributed by atoms with Gasteiger partial charge in [-0.2, -0.15) is 0 Å². The van der Waals surface area contributed by atoms with Crippen molar-refractivity contribution in [1.29, 1.82) is 0 Å². The van der Waals surface area contributed by atoms with E-state index in [1.165, 1.54) is 36.8 Å². The fourth-order valence-corrected chi connectivity index (χ4v) is 1.78. The van der Waals surface area contributed by atoms with Gasteiger partial charge in [0.2, 0.25) is 0 Å². The van der Waals surface area contributed by atoms with Crippen LogP contribution in [-0.2, 0) is 0 Å². The summed E-state index contributed by atoms with van der Waals surface area (Å²) < 4.78 is 0. The van der Waals surface area contributed by atoms with Crippen LogP contribution in [0.5, 0.6) is 0 Å². The second kappa shape index (κ2) is 2.12. The van der Waals surface area contributed by atoms with Crippen molar-refractivity contribution in [3.63, 3.8) is 0 Å². The predicted octanol–water partition coefficient (Wildman–Crippen LogP) is 2.98. The topological polar surface area (TPSA) is 0 Å². The van der Waals surface area contributed by atoms with Gasteiger partial charge >= 0.3 is 0 Å². The number of hydrogen-bond acceptors (Lipinski definition) is 0. The van der Waals surface area contributed by atoms with Gasteiger partial charge in [0.1, 0.15) is 0 Å². The molecule has 0 radical (unpaired) electrons. The molecule has 10 heavy (non-hydrogen) atoms. The average Bonchev–Trinajstić information content (AvgIpc) is 2.34. The lowest BCUT2D eigenvalue weighted by atomic mass is 9.92. The van der Waals surface area contributed by atoms with E-state index in [9.17, 15) is 0 Å². The van der Waals surface area contributed by atoms with E-state index in [0.717, 1.165) is 0 Å². The number of allylic oxidation sites excluding steroid dienone is 5. The third-order valence-corrected chi connectivity index (χ3v) is 2.38. The quantitative estimate of drug-likeness (QED) is 0.475. The normalized spacial score (nSPS) is 23.8. The Morgan fingerprint density at radius 3 is 2.70 bits per heavy atom. The van der Waals surface area contributed by atoms with Gasteiger partial charge in [0, 0.05) is 0 Å². The van der Waals surface area contributed by atoms with Crippen LogP contribution in [0.2, 0.25) is 0 Å². The highest BCUT2D eigenvalue weighted by Gasteiger charge is 2.15. The summed E-state index contributed by atoms with van der Waals surface area (Å²) >= 11 is 0. The zero-order chi connectivity index (χ0) is 6.97. The van der Waals surface area contributed by atoms with Crippen LogP contribution in [0.1, 0.15) is 25.7 Å². The minimum atomic E-state index is 1.26. The zero-order valence-electron chi connectivity index (χ0n) is 6.19. The molecular weight excluding hydrogens is 120 g/mol. The van der Waals surface area contributed by atoms with Crippen molar-refractivity contribution in [2.75, 3.05) is 0 Å². The molecule has 0 aromatic rings. The van der Waals surface area contributed by atoms with Gasteiger partial charge in [0.05, 0.1) is 0 Å². The Hall–Kier alpha value is -0.780. The van der Waals surface area contributed by atoms with Gasteiger partial charge in [-0.3, -0.25) is 0 Å². The first-order valence-electron chi connectivity index (χ1n) is 3.97. The van der Waals surface area contributed by atoms with Gasteiger partial charge in [0.25, 0.3) is 0 Å². The van der Waals surface area contributed by atoms with Crippen molar-refractivity contribution in [2.24, 2.45) is 0 Å². The van der Waals surface area contributed by atoms with Gasteiger partial charge in [-0.05, 0) is 42.4 Å². The monoisotopic (exact) mass is 132 g/mol. The first kappa shape index (κ1) is 5.96. The summed E-state index contributed by atoms with van der Waals surface area (Å²) in [7, 11) is 0. The van der Waals surface area contributed by atoms with E-state index >= 15 is 0 Å². The summed E-state index contributed by atoms with van der Waals surface area (Å²) in [4.78, 5) is 0. The van der Waals surface area contributed by atoms with Crippen molar-refractivity contribution in [2.45, 2.75) is 25.7 Å². The van der Waals surface area contributed by atoms with Gasteiger partial charge in [-0.1, -0.05) is 18.7 Å². The first-order chi connectivity index (χ1) is 4.88. The standard InChI is InChI=1S/C10H12/c1-8-6-7-9-4-2-3-5-10(8)9/h6-7H,1-5H2. The molecule has 2 rings (SSSR count). The molecule has 0 aliphatic heterocycles. The summed E-state index contributed by atoms with van der Waals surface area (Å²) in [5.41, 5.74) is 4.34. The van der Waals surface area contributed by atoms with Crippen LogP contribution >= 0.6 is 0 Å². The Morgan fingerprint density at radius 2 is 1.90 bits per heavy atom. The summed E-state index contributed by atoms with van der Waals surface area (Å²) in [6.07, 6.45) is 9.66. The lowest BCUT2D eigenvalue weighted by molar-refractivity contribution is 0.694. The van der Waals surface area contributed by atoms with E-state index in [0.29, 0.717) is 0 Å². The van der Waals surface area contributed by atoms with Gasteiger partial charge in [0.15, 0.2) is 0 Å². The Bertz CT molecular complexity index is 220. The van der Waals surface area contributed by atoms with Crippen LogP contribution in [-0.4, -0.2) is 0 Å². The SMILES string of the molecule is C=C1C=CC2=C1CCCC2. The molecule has 0 saturated carbocycles. The molecule has 0 spiro atoms. The minimum absolute atomic E-state index is 1.26. The summed E-state index contributed by atoms with van der Waals surface area (Å²) in [5.74, 6) is 0. The Balaban J connectivity index is 2.36. The highest BCUT2D eigenvalue weighted by atomic mass is 14.2. The fourth-order valence-electron chi connectivity index (χ4n) is 1.78. The highest BCUT2D eigenvalue weighted by molar-refractivity contribution is 5.52. The Labute approximate surface area is 61.9 Å². The molecule has 0 atom stereocenters. The molecule has 0 aromatic heterocycles. The fraction of sp³-hybridized carbons (Fsp3) is 0.400. The molecule has 0 nitrogen and oxygen atoms in total. The Morgan fingerprint density at radius 1 is 1.10 bits per heavy atom. The molecule has 2 aliphatic rings.